The fourth-order valence-corrected chi connectivity index (χ4v) is 4.03. The summed E-state index contributed by atoms with van der Waals surface area (Å²) in [6.45, 7) is 5.34. The third kappa shape index (κ3) is 2.92. The van der Waals surface area contributed by atoms with Gasteiger partial charge in [-0.3, -0.25) is 14.2 Å². The molecule has 1 aliphatic rings. The second-order valence-electron chi connectivity index (χ2n) is 6.66. The van der Waals surface area contributed by atoms with E-state index in [9.17, 15) is 9.59 Å². The van der Waals surface area contributed by atoms with Gasteiger partial charge in [-0.25, -0.2) is 4.98 Å². The molecule has 0 radical (unpaired) electrons. The molecule has 0 saturated heterocycles. The number of nitrogens with zero attached hydrogens (tertiary/aromatic N) is 2. The number of aromatic nitrogens is 2. The molecular weight excluding hydrogens is 300 g/mol. The number of aryl methyl sites for hydroxylation is 2. The van der Waals surface area contributed by atoms with E-state index in [1.165, 1.54) is 22.2 Å². The predicted octanol–water partition coefficient (Wildman–Crippen LogP) is 2.68. The van der Waals surface area contributed by atoms with Crippen molar-refractivity contribution in [3.63, 3.8) is 0 Å². The number of thiophene rings is 1. The number of carbonyl (C=O) groups excluding carboxylic acids is 1. The molecular formula is C16H20N2O3S. The second kappa shape index (κ2) is 5.50. The van der Waals surface area contributed by atoms with Gasteiger partial charge in [0.15, 0.2) is 0 Å². The molecule has 0 amide bonds. The minimum atomic E-state index is -0.556. The zero-order chi connectivity index (χ0) is 15.9. The number of rotatable bonds is 2. The average molecular weight is 320 g/mol. The van der Waals surface area contributed by atoms with Crippen molar-refractivity contribution in [3.8, 4) is 0 Å². The standard InChI is InChI=1S/C16H20N2O3S/c1-16(2,3)21-12(19)8-18-9-17-14-13(15(18)20)10-6-4-5-7-11(10)22-14/h9H,4-8H2,1-3H3. The number of hydrogen-bond donors (Lipinski definition) is 0. The molecule has 0 spiro atoms. The molecule has 2 aromatic heterocycles. The quantitative estimate of drug-likeness (QED) is 0.798. The van der Waals surface area contributed by atoms with E-state index in [2.05, 4.69) is 4.98 Å². The van der Waals surface area contributed by atoms with Crippen LogP contribution in [0.5, 0.6) is 0 Å². The SMILES string of the molecule is CC(C)(C)OC(=O)Cn1cnc2sc3c(c2c1=O)CCCC3. The summed E-state index contributed by atoms with van der Waals surface area (Å²) in [5, 5.41) is 0.700. The van der Waals surface area contributed by atoms with Crippen molar-refractivity contribution < 1.29 is 9.53 Å². The Labute approximate surface area is 132 Å². The van der Waals surface area contributed by atoms with E-state index in [1.54, 1.807) is 11.3 Å². The lowest BCUT2D eigenvalue weighted by Crippen LogP contribution is -2.30. The molecule has 0 aliphatic heterocycles. The molecule has 0 N–H and O–H groups in total. The summed E-state index contributed by atoms with van der Waals surface area (Å²) in [6.07, 6.45) is 5.70. The van der Waals surface area contributed by atoms with Gasteiger partial charge < -0.3 is 4.74 Å². The lowest BCUT2D eigenvalue weighted by molar-refractivity contribution is -0.155. The molecule has 22 heavy (non-hydrogen) atoms. The van der Waals surface area contributed by atoms with Crippen molar-refractivity contribution in [2.45, 2.75) is 58.6 Å². The number of ether oxygens (including phenoxy) is 1. The number of fused-ring (bicyclic) bond motifs is 3. The topological polar surface area (TPSA) is 61.2 Å². The van der Waals surface area contributed by atoms with E-state index in [-0.39, 0.29) is 12.1 Å². The van der Waals surface area contributed by atoms with Crippen LogP contribution in [0.4, 0.5) is 0 Å². The Bertz CT molecular complexity index is 783. The smallest absolute Gasteiger partial charge is 0.326 e. The molecule has 1 aliphatic carbocycles. The molecule has 6 heteroatoms. The highest BCUT2D eigenvalue weighted by Crippen LogP contribution is 2.33. The first-order valence-corrected chi connectivity index (χ1v) is 8.38. The fraction of sp³-hybridized carbons (Fsp3) is 0.562. The van der Waals surface area contributed by atoms with E-state index in [0.29, 0.717) is 5.39 Å². The van der Waals surface area contributed by atoms with Crippen molar-refractivity contribution in [1.82, 2.24) is 9.55 Å². The van der Waals surface area contributed by atoms with Crippen LogP contribution < -0.4 is 5.56 Å². The summed E-state index contributed by atoms with van der Waals surface area (Å²) in [7, 11) is 0. The molecule has 0 saturated carbocycles. The highest BCUT2D eigenvalue weighted by atomic mass is 32.1. The normalized spacial score (nSPS) is 14.9. The maximum atomic E-state index is 12.7. The van der Waals surface area contributed by atoms with Gasteiger partial charge >= 0.3 is 5.97 Å². The predicted molar refractivity (Wildman–Crippen MR) is 86.4 cm³/mol. The van der Waals surface area contributed by atoms with Crippen LogP contribution in [-0.4, -0.2) is 21.1 Å². The van der Waals surface area contributed by atoms with Gasteiger partial charge in [0.05, 0.1) is 11.7 Å². The molecule has 118 valence electrons. The zero-order valence-electron chi connectivity index (χ0n) is 13.1. The van der Waals surface area contributed by atoms with Crippen LogP contribution in [0, 0.1) is 0 Å². The highest BCUT2D eigenvalue weighted by molar-refractivity contribution is 7.18. The third-order valence-corrected chi connectivity index (χ3v) is 4.86. The minimum absolute atomic E-state index is 0.0936. The van der Waals surface area contributed by atoms with Gasteiger partial charge in [0.1, 0.15) is 17.0 Å². The van der Waals surface area contributed by atoms with E-state index in [4.69, 9.17) is 4.74 Å². The first-order chi connectivity index (χ1) is 10.3. The summed E-state index contributed by atoms with van der Waals surface area (Å²) in [5.41, 5.74) is 0.456. The van der Waals surface area contributed by atoms with Crippen LogP contribution in [0.15, 0.2) is 11.1 Å². The van der Waals surface area contributed by atoms with Gasteiger partial charge in [0, 0.05) is 4.88 Å². The van der Waals surface area contributed by atoms with Crippen LogP contribution in [-0.2, 0) is 28.9 Å². The number of carbonyl (C=O) groups is 1. The van der Waals surface area contributed by atoms with Crippen LogP contribution in [0.1, 0.15) is 44.1 Å². The summed E-state index contributed by atoms with van der Waals surface area (Å²) in [6, 6.07) is 0. The van der Waals surface area contributed by atoms with Crippen LogP contribution >= 0.6 is 11.3 Å². The minimum Gasteiger partial charge on any atom is -0.459 e. The Morgan fingerprint density at radius 2 is 2.09 bits per heavy atom. The van der Waals surface area contributed by atoms with Crippen LogP contribution in [0.3, 0.4) is 0 Å². The van der Waals surface area contributed by atoms with Crippen LogP contribution in [0.25, 0.3) is 10.2 Å². The van der Waals surface area contributed by atoms with Crippen molar-refractivity contribution in [1.29, 1.82) is 0 Å². The van der Waals surface area contributed by atoms with E-state index >= 15 is 0 Å². The van der Waals surface area contributed by atoms with Gasteiger partial charge in [-0.2, -0.15) is 0 Å². The molecule has 0 aromatic carbocycles. The molecule has 0 unspecified atom stereocenters. The van der Waals surface area contributed by atoms with E-state index in [0.717, 1.165) is 29.7 Å². The molecule has 0 bridgehead atoms. The molecule has 3 rings (SSSR count). The molecule has 5 nitrogen and oxygen atoms in total. The lowest BCUT2D eigenvalue weighted by Gasteiger charge is -2.19. The largest absolute Gasteiger partial charge is 0.459 e. The summed E-state index contributed by atoms with van der Waals surface area (Å²) in [5.74, 6) is -0.417. The zero-order valence-corrected chi connectivity index (χ0v) is 14.0. The Morgan fingerprint density at radius 3 is 2.82 bits per heavy atom. The third-order valence-electron chi connectivity index (χ3n) is 3.66. The molecule has 2 heterocycles. The van der Waals surface area contributed by atoms with Gasteiger partial charge in [0.25, 0.3) is 5.56 Å². The van der Waals surface area contributed by atoms with Crippen molar-refractivity contribution >= 4 is 27.5 Å². The van der Waals surface area contributed by atoms with Gasteiger partial charge in [0.2, 0.25) is 0 Å². The summed E-state index contributed by atoms with van der Waals surface area (Å²) < 4.78 is 6.64. The van der Waals surface area contributed by atoms with Crippen molar-refractivity contribution in [2.24, 2.45) is 0 Å². The molecule has 2 aromatic rings. The maximum Gasteiger partial charge on any atom is 0.326 e. The summed E-state index contributed by atoms with van der Waals surface area (Å²) in [4.78, 5) is 31.1. The van der Waals surface area contributed by atoms with Crippen molar-refractivity contribution in [3.05, 3.63) is 27.1 Å². The summed E-state index contributed by atoms with van der Waals surface area (Å²) >= 11 is 1.61. The fourth-order valence-electron chi connectivity index (χ4n) is 2.81. The lowest BCUT2D eigenvalue weighted by atomic mass is 9.97. The Hall–Kier alpha value is -1.69. The molecule has 0 fully saturated rings. The Morgan fingerprint density at radius 1 is 1.36 bits per heavy atom. The van der Waals surface area contributed by atoms with Gasteiger partial charge in [-0.1, -0.05) is 0 Å². The van der Waals surface area contributed by atoms with Crippen LogP contribution in [0.2, 0.25) is 0 Å². The van der Waals surface area contributed by atoms with Gasteiger partial charge in [-0.05, 0) is 52.0 Å². The molecule has 0 atom stereocenters. The average Bonchev–Trinajstić information content (AvgIpc) is 2.79. The first kappa shape index (κ1) is 15.2. The second-order valence-corrected chi connectivity index (χ2v) is 7.74. The number of hydrogen-bond acceptors (Lipinski definition) is 5. The Balaban J connectivity index is 1.96. The van der Waals surface area contributed by atoms with E-state index in [1.807, 2.05) is 20.8 Å². The van der Waals surface area contributed by atoms with E-state index < -0.39 is 11.6 Å². The first-order valence-electron chi connectivity index (χ1n) is 7.57. The monoisotopic (exact) mass is 320 g/mol. The Kier molecular flexibility index (Phi) is 3.80. The maximum absolute atomic E-state index is 12.7. The number of esters is 1. The highest BCUT2D eigenvalue weighted by Gasteiger charge is 2.21. The van der Waals surface area contributed by atoms with Gasteiger partial charge in [-0.15, -0.1) is 11.3 Å². The van der Waals surface area contributed by atoms with Crippen molar-refractivity contribution in [2.75, 3.05) is 0 Å².